The molecule has 1 unspecified atom stereocenters. The van der Waals surface area contributed by atoms with Crippen LogP contribution in [0.15, 0.2) is 91.0 Å². The van der Waals surface area contributed by atoms with E-state index in [-0.39, 0.29) is 13.2 Å². The monoisotopic (exact) mass is 464 g/mol. The number of hydrogen-bond donors (Lipinski definition) is 2. The molecule has 2 N–H and O–H groups in total. The van der Waals surface area contributed by atoms with Crippen molar-refractivity contribution < 1.29 is 34.0 Å². The van der Waals surface area contributed by atoms with E-state index in [9.17, 15) is 15.0 Å². The zero-order valence-electron chi connectivity index (χ0n) is 18.6. The van der Waals surface area contributed by atoms with Crippen molar-refractivity contribution >= 4 is 5.97 Å². The smallest absolute Gasteiger partial charge is 0.338 e. The number of esters is 1. The van der Waals surface area contributed by atoms with Gasteiger partial charge in [0, 0.05) is 0 Å². The van der Waals surface area contributed by atoms with Gasteiger partial charge in [-0.05, 0) is 23.3 Å². The lowest BCUT2D eigenvalue weighted by atomic mass is 9.98. The van der Waals surface area contributed by atoms with Gasteiger partial charge in [0.05, 0.1) is 25.4 Å². The van der Waals surface area contributed by atoms with Gasteiger partial charge in [0.1, 0.15) is 18.3 Å². The minimum Gasteiger partial charge on any atom is -0.453 e. The largest absolute Gasteiger partial charge is 0.453 e. The van der Waals surface area contributed by atoms with E-state index < -0.39 is 43.3 Å². The molecule has 1 heterocycles. The van der Waals surface area contributed by atoms with Crippen LogP contribution in [0, 0.1) is 0 Å². The number of hydrogen-bond acceptors (Lipinski definition) is 7. The van der Waals surface area contributed by atoms with Gasteiger partial charge < -0.3 is 29.2 Å². The Morgan fingerprint density at radius 3 is 1.76 bits per heavy atom. The van der Waals surface area contributed by atoms with E-state index in [0.29, 0.717) is 5.56 Å². The number of carbonyl (C=O) groups excluding carboxylic acids is 1. The van der Waals surface area contributed by atoms with Gasteiger partial charge in [-0.25, -0.2) is 4.79 Å². The third-order valence-corrected chi connectivity index (χ3v) is 5.61. The maximum absolute atomic E-state index is 12.8. The normalized spacial score (nSPS) is 24.5. The van der Waals surface area contributed by atoms with Crippen molar-refractivity contribution in [2.75, 3.05) is 6.61 Å². The molecule has 7 nitrogen and oxygen atoms in total. The first-order valence-electron chi connectivity index (χ1n) is 11.2. The summed E-state index contributed by atoms with van der Waals surface area (Å²) in [7, 11) is 0. The summed E-state index contributed by atoms with van der Waals surface area (Å²) in [5.41, 5.74) is 2.16. The standard InChI is InChI=1S/C27H28O7/c28-16-22-23(34-26(29)21-14-8-3-9-15-21)24(31-17-19-10-4-1-5-11-19)25(27(30)33-22)32-18-20-12-6-2-7-13-20/h1-15,22-25,27-28,30H,16-18H2/t22-,23-,24+,25-,27?/m1/s1. The van der Waals surface area contributed by atoms with Crippen molar-refractivity contribution in [1.82, 2.24) is 0 Å². The van der Waals surface area contributed by atoms with Crippen LogP contribution < -0.4 is 0 Å². The average Bonchev–Trinajstić information content (AvgIpc) is 2.89. The van der Waals surface area contributed by atoms with Crippen LogP contribution in [0.2, 0.25) is 0 Å². The first kappa shape index (κ1) is 24.1. The number of ether oxygens (including phenoxy) is 4. The van der Waals surface area contributed by atoms with Gasteiger partial charge in [0.25, 0.3) is 0 Å². The second-order valence-electron chi connectivity index (χ2n) is 8.01. The minimum atomic E-state index is -1.38. The van der Waals surface area contributed by atoms with E-state index in [4.69, 9.17) is 18.9 Å². The van der Waals surface area contributed by atoms with Gasteiger partial charge >= 0.3 is 5.97 Å². The van der Waals surface area contributed by atoms with E-state index in [2.05, 4.69) is 0 Å². The summed E-state index contributed by atoms with van der Waals surface area (Å²) in [6.45, 7) is -0.0817. The maximum Gasteiger partial charge on any atom is 0.338 e. The molecule has 0 saturated carbocycles. The molecule has 4 rings (SSSR count). The molecule has 0 amide bonds. The number of aliphatic hydroxyl groups excluding tert-OH is 2. The van der Waals surface area contributed by atoms with Crippen LogP contribution in [0.25, 0.3) is 0 Å². The van der Waals surface area contributed by atoms with E-state index in [0.717, 1.165) is 11.1 Å². The summed E-state index contributed by atoms with van der Waals surface area (Å²) >= 11 is 0. The molecular weight excluding hydrogens is 436 g/mol. The summed E-state index contributed by atoms with van der Waals surface area (Å²) in [6.07, 6.45) is -5.23. The summed E-state index contributed by atoms with van der Waals surface area (Å²) < 4.78 is 23.6. The summed E-state index contributed by atoms with van der Waals surface area (Å²) in [5.74, 6) is -0.584. The Bertz CT molecular complexity index is 1010. The molecule has 34 heavy (non-hydrogen) atoms. The first-order chi connectivity index (χ1) is 16.7. The van der Waals surface area contributed by atoms with Crippen LogP contribution >= 0.6 is 0 Å². The van der Waals surface area contributed by atoms with Crippen molar-refractivity contribution in [3.05, 3.63) is 108 Å². The van der Waals surface area contributed by atoms with Crippen molar-refractivity contribution in [2.45, 2.75) is 43.9 Å². The molecule has 5 atom stereocenters. The molecule has 0 bridgehead atoms. The van der Waals surface area contributed by atoms with Crippen molar-refractivity contribution in [3.63, 3.8) is 0 Å². The van der Waals surface area contributed by atoms with Crippen molar-refractivity contribution in [3.8, 4) is 0 Å². The number of aliphatic hydroxyl groups is 2. The Kier molecular flexibility index (Phi) is 8.41. The Hall–Kier alpha value is -3.07. The molecule has 0 aliphatic carbocycles. The van der Waals surface area contributed by atoms with Gasteiger partial charge in [0.15, 0.2) is 12.4 Å². The predicted octanol–water partition coefficient (Wildman–Crippen LogP) is 3.09. The SMILES string of the molecule is O=C(O[C@H]1[C@H](OCc2ccccc2)[C@@H](OCc2ccccc2)C(O)O[C@@H]1CO)c1ccccc1. The zero-order chi connectivity index (χ0) is 23.8. The fourth-order valence-electron chi connectivity index (χ4n) is 3.85. The Morgan fingerprint density at radius 2 is 1.24 bits per heavy atom. The number of rotatable bonds is 9. The van der Waals surface area contributed by atoms with Crippen LogP contribution in [0.1, 0.15) is 21.5 Å². The lowest BCUT2D eigenvalue weighted by Gasteiger charge is -2.43. The molecule has 0 radical (unpaired) electrons. The fourth-order valence-corrected chi connectivity index (χ4v) is 3.85. The third kappa shape index (κ3) is 6.08. The zero-order valence-corrected chi connectivity index (χ0v) is 18.6. The van der Waals surface area contributed by atoms with Gasteiger partial charge in [0.2, 0.25) is 0 Å². The maximum atomic E-state index is 12.8. The van der Waals surface area contributed by atoms with Crippen molar-refractivity contribution in [2.24, 2.45) is 0 Å². The second kappa shape index (κ2) is 11.9. The molecule has 7 heteroatoms. The van der Waals surface area contributed by atoms with Gasteiger partial charge in [-0.1, -0.05) is 78.9 Å². The number of benzene rings is 3. The van der Waals surface area contributed by atoms with Gasteiger partial charge in [-0.15, -0.1) is 0 Å². The van der Waals surface area contributed by atoms with Gasteiger partial charge in [-0.3, -0.25) is 0 Å². The van der Waals surface area contributed by atoms with Crippen molar-refractivity contribution in [1.29, 1.82) is 0 Å². The molecular formula is C27H28O7. The summed E-state index contributed by atoms with van der Waals surface area (Å²) in [6, 6.07) is 27.5. The highest BCUT2D eigenvalue weighted by Crippen LogP contribution is 2.29. The van der Waals surface area contributed by atoms with E-state index in [1.807, 2.05) is 60.7 Å². The molecule has 0 spiro atoms. The van der Waals surface area contributed by atoms with Crippen LogP contribution in [0.3, 0.4) is 0 Å². The number of carbonyl (C=O) groups is 1. The van der Waals surface area contributed by atoms with E-state index >= 15 is 0 Å². The quantitative estimate of drug-likeness (QED) is 0.470. The van der Waals surface area contributed by atoms with E-state index in [1.165, 1.54) is 0 Å². The molecule has 1 saturated heterocycles. The molecule has 178 valence electrons. The molecule has 0 aromatic heterocycles. The Labute approximate surface area is 198 Å². The fraction of sp³-hybridized carbons (Fsp3) is 0.296. The highest BCUT2D eigenvalue weighted by atomic mass is 16.7. The van der Waals surface area contributed by atoms with Gasteiger partial charge in [-0.2, -0.15) is 0 Å². The molecule has 3 aromatic rings. The third-order valence-electron chi connectivity index (χ3n) is 5.61. The molecule has 1 fully saturated rings. The molecule has 3 aromatic carbocycles. The van der Waals surface area contributed by atoms with Crippen LogP contribution in [0.4, 0.5) is 0 Å². The highest BCUT2D eigenvalue weighted by Gasteiger charge is 2.49. The van der Waals surface area contributed by atoms with Crippen LogP contribution in [0.5, 0.6) is 0 Å². The molecule has 1 aliphatic rings. The Morgan fingerprint density at radius 1 is 0.735 bits per heavy atom. The second-order valence-corrected chi connectivity index (χ2v) is 8.01. The minimum absolute atomic E-state index is 0.195. The Balaban J connectivity index is 1.57. The highest BCUT2D eigenvalue weighted by molar-refractivity contribution is 5.89. The predicted molar refractivity (Wildman–Crippen MR) is 124 cm³/mol. The summed E-state index contributed by atoms with van der Waals surface area (Å²) in [5, 5.41) is 20.6. The lowest BCUT2D eigenvalue weighted by molar-refractivity contribution is -0.306. The summed E-state index contributed by atoms with van der Waals surface area (Å²) in [4.78, 5) is 12.8. The lowest BCUT2D eigenvalue weighted by Crippen LogP contribution is -2.61. The molecule has 1 aliphatic heterocycles. The first-order valence-corrected chi connectivity index (χ1v) is 11.2. The van der Waals surface area contributed by atoms with E-state index in [1.54, 1.807) is 30.3 Å². The van der Waals surface area contributed by atoms with Crippen LogP contribution in [-0.4, -0.2) is 53.5 Å². The van der Waals surface area contributed by atoms with Crippen LogP contribution in [-0.2, 0) is 32.2 Å². The topological polar surface area (TPSA) is 94.5 Å². The average molecular weight is 465 g/mol.